The summed E-state index contributed by atoms with van der Waals surface area (Å²) in [6.45, 7) is 4.44. The number of rotatable bonds is 7. The van der Waals surface area contributed by atoms with E-state index in [9.17, 15) is 9.59 Å². The molecule has 7 heteroatoms. The summed E-state index contributed by atoms with van der Waals surface area (Å²) in [5.41, 5.74) is 2.14. The molecule has 0 saturated heterocycles. The summed E-state index contributed by atoms with van der Waals surface area (Å²) >= 11 is 0. The Morgan fingerprint density at radius 2 is 1.97 bits per heavy atom. The molecule has 0 aliphatic carbocycles. The predicted octanol–water partition coefficient (Wildman–Crippen LogP) is 3.51. The van der Waals surface area contributed by atoms with Gasteiger partial charge in [0.05, 0.1) is 24.5 Å². The molecule has 0 spiro atoms. The molecule has 0 saturated carbocycles. The van der Waals surface area contributed by atoms with E-state index in [1.54, 1.807) is 26.2 Å². The molecule has 2 aromatic carbocycles. The van der Waals surface area contributed by atoms with Crippen LogP contribution in [0.1, 0.15) is 13.8 Å². The summed E-state index contributed by atoms with van der Waals surface area (Å²) in [7, 11) is 3.41. The fourth-order valence-electron chi connectivity index (χ4n) is 3.15. The normalized spacial score (nSPS) is 11.9. The summed E-state index contributed by atoms with van der Waals surface area (Å²) in [6.07, 6.45) is 0. The molecular formula is C22H25N3O4. The number of amides is 1. The molecule has 2 N–H and O–H groups in total. The highest BCUT2D eigenvalue weighted by Crippen LogP contribution is 2.34. The van der Waals surface area contributed by atoms with Gasteiger partial charge in [-0.2, -0.15) is 0 Å². The topological polar surface area (TPSA) is 83.8 Å². The maximum absolute atomic E-state index is 12.4. The van der Waals surface area contributed by atoms with Crippen molar-refractivity contribution in [3.63, 3.8) is 0 Å². The minimum atomic E-state index is -0.424. The maximum atomic E-state index is 12.4. The fraction of sp³-hybridized carbons (Fsp3) is 0.273. The van der Waals surface area contributed by atoms with Crippen LogP contribution >= 0.6 is 0 Å². The van der Waals surface area contributed by atoms with E-state index in [0.717, 1.165) is 11.1 Å². The van der Waals surface area contributed by atoms with Crippen LogP contribution in [0.15, 0.2) is 57.7 Å². The van der Waals surface area contributed by atoms with E-state index < -0.39 is 5.63 Å². The number of carbonyl (C=O) groups is 1. The second-order valence-electron chi connectivity index (χ2n) is 6.66. The number of para-hydroxylation sites is 1. The molecule has 7 nitrogen and oxygen atoms in total. The molecule has 0 aliphatic rings. The molecule has 1 unspecified atom stereocenters. The zero-order valence-corrected chi connectivity index (χ0v) is 17.0. The van der Waals surface area contributed by atoms with Crippen LogP contribution < -0.4 is 25.9 Å². The summed E-state index contributed by atoms with van der Waals surface area (Å²) in [5.74, 6) is 0.396. The number of nitrogens with zero attached hydrogens (tertiary/aromatic N) is 1. The number of carbonyl (C=O) groups excluding carboxylic acids is 1. The Labute approximate surface area is 169 Å². The lowest BCUT2D eigenvalue weighted by molar-refractivity contribution is -0.117. The van der Waals surface area contributed by atoms with Crippen molar-refractivity contribution < 1.29 is 13.9 Å². The lowest BCUT2D eigenvalue weighted by Gasteiger charge is -2.23. The van der Waals surface area contributed by atoms with Crippen molar-refractivity contribution in [2.24, 2.45) is 0 Å². The molecule has 152 valence electrons. The molecule has 1 aromatic heterocycles. The van der Waals surface area contributed by atoms with Gasteiger partial charge in [-0.05, 0) is 43.8 Å². The zero-order chi connectivity index (χ0) is 21.0. The number of benzene rings is 2. The minimum Gasteiger partial charge on any atom is -0.495 e. The number of fused-ring (bicyclic) bond motifs is 1. The van der Waals surface area contributed by atoms with Gasteiger partial charge in [0.2, 0.25) is 5.91 Å². The summed E-state index contributed by atoms with van der Waals surface area (Å²) in [5, 5.41) is 6.81. The number of anilines is 3. The average Bonchev–Trinajstić information content (AvgIpc) is 2.72. The van der Waals surface area contributed by atoms with E-state index in [1.807, 2.05) is 49.2 Å². The van der Waals surface area contributed by atoms with Gasteiger partial charge in [-0.15, -0.1) is 0 Å². The molecule has 0 aliphatic heterocycles. The fourth-order valence-corrected chi connectivity index (χ4v) is 3.15. The molecule has 3 rings (SSSR count). The van der Waals surface area contributed by atoms with Gasteiger partial charge in [0.25, 0.3) is 0 Å². The molecule has 1 amide bonds. The van der Waals surface area contributed by atoms with Crippen molar-refractivity contribution in [1.82, 2.24) is 5.32 Å². The largest absolute Gasteiger partial charge is 0.495 e. The predicted molar refractivity (Wildman–Crippen MR) is 115 cm³/mol. The van der Waals surface area contributed by atoms with Crippen LogP contribution in [-0.4, -0.2) is 32.7 Å². The second-order valence-corrected chi connectivity index (χ2v) is 6.66. The van der Waals surface area contributed by atoms with E-state index in [4.69, 9.17) is 9.15 Å². The lowest BCUT2D eigenvalue weighted by Crippen LogP contribution is -2.37. The first-order valence-electron chi connectivity index (χ1n) is 9.43. The van der Waals surface area contributed by atoms with Crippen molar-refractivity contribution in [1.29, 1.82) is 0 Å². The van der Waals surface area contributed by atoms with Gasteiger partial charge >= 0.3 is 5.63 Å². The van der Waals surface area contributed by atoms with Crippen molar-refractivity contribution in [3.05, 3.63) is 59.0 Å². The summed E-state index contributed by atoms with van der Waals surface area (Å²) in [6, 6.07) is 14.0. The monoisotopic (exact) mass is 395 g/mol. The first-order chi connectivity index (χ1) is 13.9. The van der Waals surface area contributed by atoms with E-state index in [-0.39, 0.29) is 11.9 Å². The van der Waals surface area contributed by atoms with Gasteiger partial charge < -0.3 is 24.7 Å². The van der Waals surface area contributed by atoms with E-state index in [0.29, 0.717) is 29.3 Å². The van der Waals surface area contributed by atoms with Crippen molar-refractivity contribution >= 4 is 33.9 Å². The van der Waals surface area contributed by atoms with Crippen molar-refractivity contribution in [2.75, 3.05) is 30.9 Å². The number of ether oxygens (including phenoxy) is 1. The molecule has 0 bridgehead atoms. The molecule has 0 radical (unpaired) electrons. The number of methoxy groups -OCH3 is 1. The Bertz CT molecular complexity index is 1080. The van der Waals surface area contributed by atoms with Gasteiger partial charge in [-0.1, -0.05) is 19.1 Å². The van der Waals surface area contributed by atoms with Gasteiger partial charge in [0.1, 0.15) is 11.3 Å². The lowest BCUT2D eigenvalue weighted by atomic mass is 10.1. The highest BCUT2D eigenvalue weighted by molar-refractivity contribution is 5.97. The highest BCUT2D eigenvalue weighted by Gasteiger charge is 2.17. The van der Waals surface area contributed by atoms with Crippen LogP contribution in [0.25, 0.3) is 11.0 Å². The van der Waals surface area contributed by atoms with Crippen LogP contribution in [0.3, 0.4) is 0 Å². The molecule has 3 aromatic rings. The second kappa shape index (κ2) is 8.79. The number of likely N-dealkylation sites (N-methyl/N-ethyl adjacent to an activating group) is 1. The molecule has 1 heterocycles. The van der Waals surface area contributed by atoms with Crippen LogP contribution in [0, 0.1) is 0 Å². The van der Waals surface area contributed by atoms with E-state index in [2.05, 4.69) is 10.6 Å². The smallest absolute Gasteiger partial charge is 0.338 e. The van der Waals surface area contributed by atoms with Crippen LogP contribution in [0.2, 0.25) is 0 Å². The van der Waals surface area contributed by atoms with E-state index in [1.165, 1.54) is 6.07 Å². The molecular weight excluding hydrogens is 370 g/mol. The quantitative estimate of drug-likeness (QED) is 0.596. The molecule has 29 heavy (non-hydrogen) atoms. The Morgan fingerprint density at radius 1 is 1.21 bits per heavy atom. The standard InChI is InChI=1S/C22H25N3O4/c1-5-23-14(2)22(27)24-17-12-15(10-11-20(17)28-4)25(3)18-13-21(26)29-19-9-7-6-8-16(18)19/h6-14,23H,5H2,1-4H3,(H,24,27). The first kappa shape index (κ1) is 20.4. The van der Waals surface area contributed by atoms with Gasteiger partial charge in [0.15, 0.2) is 0 Å². The van der Waals surface area contributed by atoms with Crippen LogP contribution in [-0.2, 0) is 4.79 Å². The van der Waals surface area contributed by atoms with Crippen LogP contribution in [0.4, 0.5) is 17.1 Å². The number of hydrogen-bond acceptors (Lipinski definition) is 6. The summed E-state index contributed by atoms with van der Waals surface area (Å²) in [4.78, 5) is 26.3. The number of nitrogens with one attached hydrogen (secondary N) is 2. The average molecular weight is 395 g/mol. The summed E-state index contributed by atoms with van der Waals surface area (Å²) < 4.78 is 10.7. The van der Waals surface area contributed by atoms with Gasteiger partial charge in [-0.25, -0.2) is 4.79 Å². The minimum absolute atomic E-state index is 0.157. The first-order valence-corrected chi connectivity index (χ1v) is 9.43. The van der Waals surface area contributed by atoms with Crippen LogP contribution in [0.5, 0.6) is 5.75 Å². The Morgan fingerprint density at radius 3 is 2.69 bits per heavy atom. The third-order valence-corrected chi connectivity index (χ3v) is 4.72. The molecule has 1 atom stereocenters. The van der Waals surface area contributed by atoms with Crippen molar-refractivity contribution in [3.8, 4) is 5.75 Å². The van der Waals surface area contributed by atoms with Gasteiger partial charge in [-0.3, -0.25) is 4.79 Å². The third kappa shape index (κ3) is 4.41. The highest BCUT2D eigenvalue weighted by atomic mass is 16.5. The van der Waals surface area contributed by atoms with E-state index >= 15 is 0 Å². The van der Waals surface area contributed by atoms with Gasteiger partial charge in [0, 0.05) is 24.2 Å². The SMILES string of the molecule is CCNC(C)C(=O)Nc1cc(N(C)c2cc(=O)oc3ccccc23)ccc1OC. The Kier molecular flexibility index (Phi) is 6.19. The Balaban J connectivity index is 1.99. The maximum Gasteiger partial charge on any atom is 0.338 e. The Hall–Kier alpha value is -3.32. The van der Waals surface area contributed by atoms with Crippen molar-refractivity contribution in [2.45, 2.75) is 19.9 Å². The number of hydrogen-bond donors (Lipinski definition) is 2. The zero-order valence-electron chi connectivity index (χ0n) is 17.0. The third-order valence-electron chi connectivity index (χ3n) is 4.72. The molecule has 0 fully saturated rings.